The normalized spacial score (nSPS) is 9.73. The van der Waals surface area contributed by atoms with Crippen LogP contribution in [0.1, 0.15) is 5.56 Å². The minimum Gasteiger partial charge on any atom is -0.200 e. The topological polar surface area (TPSA) is 36.7 Å². The standard InChI is InChI=1S/C8H4N2S/c9-4-6-1-2-8-7(3-6)5-10-11-8/h1-3,5H. The van der Waals surface area contributed by atoms with Gasteiger partial charge in [-0.2, -0.15) is 9.64 Å². The van der Waals surface area contributed by atoms with Crippen LogP contribution in [0.15, 0.2) is 24.4 Å². The highest BCUT2D eigenvalue weighted by molar-refractivity contribution is 7.13. The molecule has 2 rings (SSSR count). The maximum Gasteiger partial charge on any atom is 0.0991 e. The lowest BCUT2D eigenvalue weighted by atomic mass is 10.2. The van der Waals surface area contributed by atoms with Crippen LogP contribution in [0, 0.1) is 11.3 Å². The summed E-state index contributed by atoms with van der Waals surface area (Å²) in [5.41, 5.74) is 0.692. The third kappa shape index (κ3) is 0.975. The Labute approximate surface area is 67.9 Å². The molecule has 0 saturated heterocycles. The Kier molecular flexibility index (Phi) is 1.34. The van der Waals surface area contributed by atoms with E-state index in [4.69, 9.17) is 5.26 Å². The van der Waals surface area contributed by atoms with Gasteiger partial charge in [0.05, 0.1) is 16.3 Å². The van der Waals surface area contributed by atoms with Crippen LogP contribution in [0.4, 0.5) is 0 Å². The molecule has 1 heterocycles. The number of benzene rings is 1. The first-order valence-electron chi connectivity index (χ1n) is 3.15. The first kappa shape index (κ1) is 6.32. The molecule has 2 nitrogen and oxygen atoms in total. The van der Waals surface area contributed by atoms with Gasteiger partial charge in [-0.15, -0.1) is 0 Å². The first-order chi connectivity index (χ1) is 5.40. The van der Waals surface area contributed by atoms with Gasteiger partial charge in [0.15, 0.2) is 0 Å². The van der Waals surface area contributed by atoms with E-state index in [9.17, 15) is 0 Å². The summed E-state index contributed by atoms with van der Waals surface area (Å²) < 4.78 is 5.14. The number of nitriles is 1. The predicted molar refractivity (Wildman–Crippen MR) is 44.3 cm³/mol. The molecule has 0 aliphatic carbocycles. The van der Waals surface area contributed by atoms with Crippen LogP contribution in [0.25, 0.3) is 10.1 Å². The summed E-state index contributed by atoms with van der Waals surface area (Å²) in [7, 11) is 0. The fourth-order valence-electron chi connectivity index (χ4n) is 0.942. The summed E-state index contributed by atoms with van der Waals surface area (Å²) in [5, 5.41) is 9.62. The van der Waals surface area contributed by atoms with Gasteiger partial charge in [0, 0.05) is 11.6 Å². The number of fused-ring (bicyclic) bond motifs is 1. The average Bonchev–Trinajstić information content (AvgIpc) is 2.50. The predicted octanol–water partition coefficient (Wildman–Crippen LogP) is 2.17. The van der Waals surface area contributed by atoms with Crippen LogP contribution in [0.5, 0.6) is 0 Å². The summed E-state index contributed by atoms with van der Waals surface area (Å²) in [5.74, 6) is 0. The number of aromatic nitrogens is 1. The molecule has 0 saturated carbocycles. The monoisotopic (exact) mass is 160 g/mol. The lowest BCUT2D eigenvalue weighted by Crippen LogP contribution is -1.69. The molecule has 0 radical (unpaired) electrons. The molecule has 1 aromatic carbocycles. The van der Waals surface area contributed by atoms with Crippen molar-refractivity contribution in [3.8, 4) is 6.07 Å². The van der Waals surface area contributed by atoms with Gasteiger partial charge in [-0.3, -0.25) is 0 Å². The second-order valence-electron chi connectivity index (χ2n) is 2.19. The van der Waals surface area contributed by atoms with E-state index in [2.05, 4.69) is 10.4 Å². The average molecular weight is 160 g/mol. The minimum atomic E-state index is 0.692. The molecular weight excluding hydrogens is 156 g/mol. The van der Waals surface area contributed by atoms with Crippen molar-refractivity contribution in [3.05, 3.63) is 30.0 Å². The zero-order valence-corrected chi connectivity index (χ0v) is 6.43. The Balaban J connectivity index is 2.79. The molecule has 0 spiro atoms. The summed E-state index contributed by atoms with van der Waals surface area (Å²) in [6.07, 6.45) is 1.78. The molecular formula is C8H4N2S. The van der Waals surface area contributed by atoms with Crippen molar-refractivity contribution in [2.24, 2.45) is 0 Å². The zero-order valence-electron chi connectivity index (χ0n) is 5.61. The number of hydrogen-bond acceptors (Lipinski definition) is 3. The second-order valence-corrected chi connectivity index (χ2v) is 3.02. The quantitative estimate of drug-likeness (QED) is 0.592. The Hall–Kier alpha value is -1.40. The number of rotatable bonds is 0. The highest BCUT2D eigenvalue weighted by atomic mass is 32.1. The van der Waals surface area contributed by atoms with E-state index in [1.54, 1.807) is 12.3 Å². The van der Waals surface area contributed by atoms with Gasteiger partial charge in [0.2, 0.25) is 0 Å². The lowest BCUT2D eigenvalue weighted by molar-refractivity contribution is 1.50. The van der Waals surface area contributed by atoms with Crippen LogP contribution >= 0.6 is 11.5 Å². The minimum absolute atomic E-state index is 0.692. The smallest absolute Gasteiger partial charge is 0.0991 e. The molecule has 0 unspecified atom stereocenters. The van der Waals surface area contributed by atoms with Crippen LogP contribution in [-0.2, 0) is 0 Å². The molecule has 0 atom stereocenters. The van der Waals surface area contributed by atoms with Crippen molar-refractivity contribution in [2.45, 2.75) is 0 Å². The molecule has 52 valence electrons. The van der Waals surface area contributed by atoms with Gasteiger partial charge < -0.3 is 0 Å². The summed E-state index contributed by atoms with van der Waals surface area (Å²) in [4.78, 5) is 0. The second kappa shape index (κ2) is 2.33. The molecule has 2 aromatic rings. The van der Waals surface area contributed by atoms with Crippen LogP contribution < -0.4 is 0 Å². The van der Waals surface area contributed by atoms with Crippen molar-refractivity contribution in [3.63, 3.8) is 0 Å². The third-order valence-electron chi connectivity index (χ3n) is 1.48. The van der Waals surface area contributed by atoms with E-state index in [0.717, 1.165) is 10.1 Å². The van der Waals surface area contributed by atoms with E-state index in [1.165, 1.54) is 11.5 Å². The lowest BCUT2D eigenvalue weighted by Gasteiger charge is -1.86. The molecule has 11 heavy (non-hydrogen) atoms. The van der Waals surface area contributed by atoms with Gasteiger partial charge in [-0.1, -0.05) is 0 Å². The van der Waals surface area contributed by atoms with Crippen LogP contribution in [0.3, 0.4) is 0 Å². The number of nitrogens with zero attached hydrogens (tertiary/aromatic N) is 2. The van der Waals surface area contributed by atoms with Crippen LogP contribution in [-0.4, -0.2) is 4.37 Å². The highest BCUT2D eigenvalue weighted by Gasteiger charge is 1.95. The molecule has 0 N–H and O–H groups in total. The third-order valence-corrected chi connectivity index (χ3v) is 2.26. The van der Waals surface area contributed by atoms with Gasteiger partial charge in [0.25, 0.3) is 0 Å². The van der Waals surface area contributed by atoms with Gasteiger partial charge >= 0.3 is 0 Å². The molecule has 3 heteroatoms. The Morgan fingerprint density at radius 1 is 1.45 bits per heavy atom. The zero-order chi connectivity index (χ0) is 7.68. The molecule has 0 bridgehead atoms. The summed E-state index contributed by atoms with van der Waals surface area (Å²) in [6, 6.07) is 7.66. The molecule has 0 amide bonds. The van der Waals surface area contributed by atoms with E-state index < -0.39 is 0 Å². The maximum absolute atomic E-state index is 8.57. The summed E-state index contributed by atoms with van der Waals surface area (Å²) >= 11 is 1.45. The Morgan fingerprint density at radius 2 is 2.36 bits per heavy atom. The fraction of sp³-hybridized carbons (Fsp3) is 0. The van der Waals surface area contributed by atoms with E-state index in [-0.39, 0.29) is 0 Å². The van der Waals surface area contributed by atoms with Crippen molar-refractivity contribution in [1.82, 2.24) is 4.37 Å². The van der Waals surface area contributed by atoms with Gasteiger partial charge in [0.1, 0.15) is 0 Å². The van der Waals surface area contributed by atoms with E-state index >= 15 is 0 Å². The Morgan fingerprint density at radius 3 is 3.18 bits per heavy atom. The molecule has 1 aromatic heterocycles. The van der Waals surface area contributed by atoms with E-state index in [1.807, 2.05) is 12.1 Å². The van der Waals surface area contributed by atoms with Crippen molar-refractivity contribution >= 4 is 21.6 Å². The van der Waals surface area contributed by atoms with Gasteiger partial charge in [-0.25, -0.2) is 0 Å². The highest BCUT2D eigenvalue weighted by Crippen LogP contribution is 2.18. The van der Waals surface area contributed by atoms with Crippen molar-refractivity contribution < 1.29 is 0 Å². The van der Waals surface area contributed by atoms with Crippen LogP contribution in [0.2, 0.25) is 0 Å². The fourth-order valence-corrected chi connectivity index (χ4v) is 1.57. The molecule has 0 fully saturated rings. The number of hydrogen-bond donors (Lipinski definition) is 0. The van der Waals surface area contributed by atoms with Gasteiger partial charge in [-0.05, 0) is 29.7 Å². The summed E-state index contributed by atoms with van der Waals surface area (Å²) in [6.45, 7) is 0. The van der Waals surface area contributed by atoms with Crippen molar-refractivity contribution in [1.29, 1.82) is 5.26 Å². The first-order valence-corrected chi connectivity index (χ1v) is 3.92. The Bertz CT molecular complexity index is 425. The molecule has 0 aliphatic rings. The van der Waals surface area contributed by atoms with Crippen molar-refractivity contribution in [2.75, 3.05) is 0 Å². The molecule has 0 aliphatic heterocycles. The largest absolute Gasteiger partial charge is 0.200 e. The van der Waals surface area contributed by atoms with E-state index in [0.29, 0.717) is 5.56 Å². The SMILES string of the molecule is N#Cc1ccc2sncc2c1. The maximum atomic E-state index is 8.57.